The SMILES string of the molecule is CC(C)CCC[C@@H](C)[C@H]1CC[C@H]2[C@@H]3CC(=O)C4CC(=O)CC[C@]4(C)[C@H]3CC[C@]12C. The van der Waals surface area contributed by atoms with Gasteiger partial charge in [0.05, 0.1) is 0 Å². The van der Waals surface area contributed by atoms with Gasteiger partial charge in [0.15, 0.2) is 0 Å². The van der Waals surface area contributed by atoms with E-state index in [0.717, 1.165) is 36.5 Å². The molecule has 0 aliphatic heterocycles. The van der Waals surface area contributed by atoms with Gasteiger partial charge in [0.1, 0.15) is 11.6 Å². The van der Waals surface area contributed by atoms with E-state index in [4.69, 9.17) is 0 Å². The first-order valence-corrected chi connectivity index (χ1v) is 12.7. The third kappa shape index (κ3) is 3.55. The van der Waals surface area contributed by atoms with Gasteiger partial charge in [0, 0.05) is 25.2 Å². The summed E-state index contributed by atoms with van der Waals surface area (Å²) >= 11 is 0. The van der Waals surface area contributed by atoms with Crippen LogP contribution in [-0.2, 0) is 9.59 Å². The molecule has 0 spiro atoms. The van der Waals surface area contributed by atoms with E-state index in [1.165, 1.54) is 44.9 Å². The van der Waals surface area contributed by atoms with E-state index < -0.39 is 0 Å². The minimum Gasteiger partial charge on any atom is -0.300 e. The maximum atomic E-state index is 13.2. The summed E-state index contributed by atoms with van der Waals surface area (Å²) in [5, 5.41) is 0. The molecular weight excluding hydrogens is 356 g/mol. The standard InChI is InChI=1S/C27H44O2/c1-17(2)7-6-8-18(3)21-9-10-22-20-16-25(29)24-15-19(28)11-13-27(24,5)23(20)12-14-26(21,22)4/h17-18,20-24H,6-16H2,1-5H3/t18-,20+,21-,22+,23+,24?,26-,27-/m1/s1. The summed E-state index contributed by atoms with van der Waals surface area (Å²) in [6, 6.07) is 0. The molecular formula is C27H44O2. The Morgan fingerprint density at radius 2 is 1.62 bits per heavy atom. The molecule has 0 saturated heterocycles. The quantitative estimate of drug-likeness (QED) is 0.505. The van der Waals surface area contributed by atoms with Crippen molar-refractivity contribution in [2.75, 3.05) is 0 Å². The van der Waals surface area contributed by atoms with E-state index in [9.17, 15) is 9.59 Å². The van der Waals surface area contributed by atoms with Gasteiger partial charge < -0.3 is 0 Å². The van der Waals surface area contributed by atoms with Crippen LogP contribution in [0.4, 0.5) is 0 Å². The highest BCUT2D eigenvalue weighted by molar-refractivity contribution is 5.90. The Hall–Kier alpha value is -0.660. The molecule has 2 nitrogen and oxygen atoms in total. The van der Waals surface area contributed by atoms with E-state index in [0.29, 0.717) is 41.7 Å². The van der Waals surface area contributed by atoms with Crippen LogP contribution in [0.2, 0.25) is 0 Å². The van der Waals surface area contributed by atoms with Crippen molar-refractivity contribution < 1.29 is 9.59 Å². The van der Waals surface area contributed by atoms with Gasteiger partial charge in [0.25, 0.3) is 0 Å². The summed E-state index contributed by atoms with van der Waals surface area (Å²) in [7, 11) is 0. The molecule has 4 fully saturated rings. The first-order chi connectivity index (χ1) is 13.7. The van der Waals surface area contributed by atoms with E-state index in [1.807, 2.05) is 0 Å². The van der Waals surface area contributed by atoms with E-state index in [1.54, 1.807) is 0 Å². The molecule has 0 heterocycles. The third-order valence-corrected chi connectivity index (χ3v) is 10.5. The normalized spacial score (nSPS) is 45.7. The van der Waals surface area contributed by atoms with Crippen molar-refractivity contribution in [1.82, 2.24) is 0 Å². The van der Waals surface area contributed by atoms with Crippen molar-refractivity contribution in [3.8, 4) is 0 Å². The number of carbonyl (C=O) groups is 2. The lowest BCUT2D eigenvalue weighted by Gasteiger charge is -2.59. The molecule has 0 N–H and O–H groups in total. The molecule has 164 valence electrons. The van der Waals surface area contributed by atoms with Crippen LogP contribution in [0.1, 0.15) is 105 Å². The molecule has 0 amide bonds. The number of hydrogen-bond donors (Lipinski definition) is 0. The monoisotopic (exact) mass is 400 g/mol. The second-order valence-corrected chi connectivity index (χ2v) is 12.4. The molecule has 0 aromatic carbocycles. The van der Waals surface area contributed by atoms with Gasteiger partial charge >= 0.3 is 0 Å². The average Bonchev–Trinajstić information content (AvgIpc) is 3.00. The first kappa shape index (κ1) is 21.6. The van der Waals surface area contributed by atoms with Crippen LogP contribution in [0.15, 0.2) is 0 Å². The number of rotatable bonds is 5. The van der Waals surface area contributed by atoms with Crippen LogP contribution in [0.5, 0.6) is 0 Å². The minimum absolute atomic E-state index is 0.0292. The lowest BCUT2D eigenvalue weighted by molar-refractivity contribution is -0.159. The summed E-state index contributed by atoms with van der Waals surface area (Å²) < 4.78 is 0. The number of Topliss-reactive ketones (excluding diaryl/α,β-unsaturated/α-hetero) is 2. The molecule has 0 aromatic rings. The highest BCUT2D eigenvalue weighted by Crippen LogP contribution is 2.67. The van der Waals surface area contributed by atoms with Crippen molar-refractivity contribution >= 4 is 11.6 Å². The van der Waals surface area contributed by atoms with Crippen molar-refractivity contribution in [2.45, 2.75) is 105 Å². The predicted molar refractivity (Wildman–Crippen MR) is 118 cm³/mol. The lowest BCUT2D eigenvalue weighted by Crippen LogP contribution is -2.56. The Labute approximate surface area is 179 Å². The zero-order chi connectivity index (χ0) is 21.0. The van der Waals surface area contributed by atoms with Crippen LogP contribution < -0.4 is 0 Å². The van der Waals surface area contributed by atoms with Gasteiger partial charge in [-0.2, -0.15) is 0 Å². The molecule has 1 unspecified atom stereocenters. The minimum atomic E-state index is 0.0292. The summed E-state index contributed by atoms with van der Waals surface area (Å²) in [5.41, 5.74) is 0.530. The van der Waals surface area contributed by atoms with Crippen molar-refractivity contribution in [1.29, 1.82) is 0 Å². The van der Waals surface area contributed by atoms with Gasteiger partial charge in [-0.1, -0.05) is 53.9 Å². The van der Waals surface area contributed by atoms with E-state index in [-0.39, 0.29) is 11.3 Å². The van der Waals surface area contributed by atoms with Gasteiger partial charge in [0.2, 0.25) is 0 Å². The van der Waals surface area contributed by atoms with Crippen LogP contribution in [0.25, 0.3) is 0 Å². The molecule has 8 atom stereocenters. The fourth-order valence-corrected chi connectivity index (χ4v) is 8.86. The number of carbonyl (C=O) groups excluding carboxylic acids is 2. The predicted octanol–water partition coefficient (Wildman–Crippen LogP) is 6.86. The van der Waals surface area contributed by atoms with E-state index >= 15 is 0 Å². The van der Waals surface area contributed by atoms with Crippen molar-refractivity contribution in [3.05, 3.63) is 0 Å². The molecule has 2 heteroatoms. The zero-order valence-corrected chi connectivity index (χ0v) is 19.6. The average molecular weight is 401 g/mol. The number of hydrogen-bond acceptors (Lipinski definition) is 2. The molecule has 0 bridgehead atoms. The largest absolute Gasteiger partial charge is 0.300 e. The van der Waals surface area contributed by atoms with Crippen LogP contribution in [0.3, 0.4) is 0 Å². The highest BCUT2D eigenvalue weighted by Gasteiger charge is 2.62. The second kappa shape index (κ2) is 7.79. The Bertz CT molecular complexity index is 651. The molecule has 4 aliphatic carbocycles. The van der Waals surface area contributed by atoms with Crippen LogP contribution in [0, 0.1) is 52.3 Å². The molecule has 4 rings (SSSR count). The Balaban J connectivity index is 1.51. The Morgan fingerprint density at radius 3 is 2.34 bits per heavy atom. The molecule has 4 saturated carbocycles. The smallest absolute Gasteiger partial charge is 0.137 e. The molecule has 0 aromatic heterocycles. The number of fused-ring (bicyclic) bond motifs is 5. The third-order valence-electron chi connectivity index (χ3n) is 10.5. The number of ketones is 2. The second-order valence-electron chi connectivity index (χ2n) is 12.4. The first-order valence-electron chi connectivity index (χ1n) is 12.7. The Morgan fingerprint density at radius 1 is 0.897 bits per heavy atom. The summed E-state index contributed by atoms with van der Waals surface area (Å²) in [6.07, 6.45) is 12.4. The topological polar surface area (TPSA) is 34.1 Å². The fraction of sp³-hybridized carbons (Fsp3) is 0.926. The molecule has 4 aliphatic rings. The lowest BCUT2D eigenvalue weighted by atomic mass is 9.44. The molecule has 29 heavy (non-hydrogen) atoms. The van der Waals surface area contributed by atoms with Crippen molar-refractivity contribution in [3.63, 3.8) is 0 Å². The summed E-state index contributed by atoms with van der Waals surface area (Å²) in [4.78, 5) is 25.3. The van der Waals surface area contributed by atoms with Crippen LogP contribution >= 0.6 is 0 Å². The zero-order valence-electron chi connectivity index (χ0n) is 19.6. The van der Waals surface area contributed by atoms with Gasteiger partial charge in [-0.05, 0) is 78.4 Å². The fourth-order valence-electron chi connectivity index (χ4n) is 8.86. The maximum absolute atomic E-state index is 13.2. The molecule has 0 radical (unpaired) electrons. The summed E-state index contributed by atoms with van der Waals surface area (Å²) in [6.45, 7) is 12.2. The Kier molecular flexibility index (Phi) is 5.79. The van der Waals surface area contributed by atoms with Crippen molar-refractivity contribution in [2.24, 2.45) is 52.3 Å². The van der Waals surface area contributed by atoms with Gasteiger partial charge in [-0.3, -0.25) is 9.59 Å². The maximum Gasteiger partial charge on any atom is 0.137 e. The van der Waals surface area contributed by atoms with Gasteiger partial charge in [-0.25, -0.2) is 0 Å². The van der Waals surface area contributed by atoms with E-state index in [2.05, 4.69) is 34.6 Å². The highest BCUT2D eigenvalue weighted by atomic mass is 16.1. The van der Waals surface area contributed by atoms with Gasteiger partial charge in [-0.15, -0.1) is 0 Å². The summed E-state index contributed by atoms with van der Waals surface area (Å²) in [5.74, 6) is 5.25. The van der Waals surface area contributed by atoms with Crippen LogP contribution in [-0.4, -0.2) is 11.6 Å².